The Morgan fingerprint density at radius 3 is 2.75 bits per heavy atom. The van der Waals surface area contributed by atoms with Crippen LogP contribution in [0.25, 0.3) is 0 Å². The van der Waals surface area contributed by atoms with E-state index in [2.05, 4.69) is 6.58 Å². The lowest BCUT2D eigenvalue weighted by Crippen LogP contribution is -2.51. The van der Waals surface area contributed by atoms with Crippen molar-refractivity contribution in [2.24, 2.45) is 11.3 Å². The average molecular weight is 282 g/mol. The fourth-order valence-corrected chi connectivity index (χ4v) is 4.29. The predicted octanol–water partition coefficient (Wildman–Crippen LogP) is 3.06. The summed E-state index contributed by atoms with van der Waals surface area (Å²) in [5.41, 5.74) is -0.107. The highest BCUT2D eigenvalue weighted by Gasteiger charge is 2.57. The summed E-state index contributed by atoms with van der Waals surface area (Å²) in [7, 11) is 1.64. The summed E-state index contributed by atoms with van der Waals surface area (Å²) in [6.45, 7) is 5.70. The molecule has 4 nitrogen and oxygen atoms in total. The number of carbonyl (C=O) groups excluding carboxylic acids is 1. The number of methoxy groups -OCH3 is 1. The van der Waals surface area contributed by atoms with Gasteiger partial charge in [-0.3, -0.25) is 4.79 Å². The molecule has 0 heterocycles. The molecule has 4 heteroatoms. The van der Waals surface area contributed by atoms with Gasteiger partial charge in [0.1, 0.15) is 12.9 Å². The maximum Gasteiger partial charge on any atom is 0.302 e. The first-order chi connectivity index (χ1) is 9.65. The molecule has 0 aromatic heterocycles. The molecule has 20 heavy (non-hydrogen) atoms. The fourth-order valence-electron chi connectivity index (χ4n) is 4.29. The van der Waals surface area contributed by atoms with Crippen LogP contribution in [-0.4, -0.2) is 32.1 Å². The van der Waals surface area contributed by atoms with E-state index in [0.717, 1.165) is 32.1 Å². The zero-order valence-corrected chi connectivity index (χ0v) is 12.6. The molecule has 0 spiro atoms. The van der Waals surface area contributed by atoms with Crippen molar-refractivity contribution in [3.05, 3.63) is 12.7 Å². The molecule has 0 radical (unpaired) electrons. The van der Waals surface area contributed by atoms with Gasteiger partial charge in [0.05, 0.1) is 6.10 Å². The number of fused-ring (bicyclic) bond motifs is 1. The van der Waals surface area contributed by atoms with Crippen molar-refractivity contribution in [2.75, 3.05) is 13.9 Å². The van der Waals surface area contributed by atoms with Gasteiger partial charge in [-0.15, -0.1) is 6.58 Å². The molecule has 0 saturated heterocycles. The van der Waals surface area contributed by atoms with Gasteiger partial charge in [0.25, 0.3) is 0 Å². The zero-order chi connectivity index (χ0) is 14.6. The summed E-state index contributed by atoms with van der Waals surface area (Å²) in [4.78, 5) is 11.5. The second-order valence-corrected chi connectivity index (χ2v) is 5.97. The lowest BCUT2D eigenvalue weighted by Gasteiger charge is -2.47. The first-order valence-electron chi connectivity index (χ1n) is 7.53. The van der Waals surface area contributed by atoms with E-state index < -0.39 is 0 Å². The van der Waals surface area contributed by atoms with E-state index in [1.165, 1.54) is 13.3 Å². The second-order valence-electron chi connectivity index (χ2n) is 5.97. The molecule has 0 amide bonds. The number of allylic oxidation sites excluding steroid dienone is 1. The standard InChI is InChI=1S/C16H26O4/c1-4-10-16-13(8-9-14(16)19-11-18-3)6-5-7-15(16)20-12(2)17/h4,13-15H,1,5-11H2,2-3H3/t13-,14+,15-,16-/m1/s1. The average Bonchev–Trinajstić information content (AvgIpc) is 2.76. The van der Waals surface area contributed by atoms with Crippen molar-refractivity contribution in [3.63, 3.8) is 0 Å². The van der Waals surface area contributed by atoms with E-state index in [0.29, 0.717) is 12.7 Å². The summed E-state index contributed by atoms with van der Waals surface area (Å²) >= 11 is 0. The normalized spacial score (nSPS) is 36.4. The highest BCUT2D eigenvalue weighted by atomic mass is 16.7. The maximum atomic E-state index is 11.5. The Morgan fingerprint density at radius 2 is 2.10 bits per heavy atom. The van der Waals surface area contributed by atoms with Crippen LogP contribution in [0.2, 0.25) is 0 Å². The quantitative estimate of drug-likeness (QED) is 0.427. The van der Waals surface area contributed by atoms with Gasteiger partial charge in [-0.1, -0.05) is 6.08 Å². The van der Waals surface area contributed by atoms with Gasteiger partial charge >= 0.3 is 5.97 Å². The first kappa shape index (κ1) is 15.5. The lowest BCUT2D eigenvalue weighted by atomic mass is 9.63. The minimum absolute atomic E-state index is 0.0545. The van der Waals surface area contributed by atoms with E-state index in [4.69, 9.17) is 14.2 Å². The van der Waals surface area contributed by atoms with E-state index in [-0.39, 0.29) is 23.6 Å². The van der Waals surface area contributed by atoms with Crippen LogP contribution in [0.15, 0.2) is 12.7 Å². The molecule has 114 valence electrons. The Morgan fingerprint density at radius 1 is 1.30 bits per heavy atom. The highest BCUT2D eigenvalue weighted by molar-refractivity contribution is 5.66. The van der Waals surface area contributed by atoms with Gasteiger partial charge in [-0.05, 0) is 44.4 Å². The Kier molecular flexibility index (Phi) is 5.22. The number of esters is 1. The molecule has 0 aromatic carbocycles. The Labute approximate surface area is 121 Å². The van der Waals surface area contributed by atoms with Gasteiger partial charge in [0, 0.05) is 19.4 Å². The Balaban J connectivity index is 2.25. The summed E-state index contributed by atoms with van der Waals surface area (Å²) < 4.78 is 16.7. The molecular formula is C16H26O4. The van der Waals surface area contributed by atoms with Crippen LogP contribution in [-0.2, 0) is 19.0 Å². The molecule has 2 aliphatic rings. The largest absolute Gasteiger partial charge is 0.462 e. The van der Waals surface area contributed by atoms with Gasteiger partial charge < -0.3 is 14.2 Å². The second kappa shape index (κ2) is 6.72. The zero-order valence-electron chi connectivity index (χ0n) is 12.6. The molecule has 0 aliphatic heterocycles. The number of rotatable bonds is 6. The molecule has 2 saturated carbocycles. The minimum Gasteiger partial charge on any atom is -0.462 e. The smallest absolute Gasteiger partial charge is 0.302 e. The number of hydrogen-bond donors (Lipinski definition) is 0. The van der Waals surface area contributed by atoms with Crippen LogP contribution in [0, 0.1) is 11.3 Å². The molecule has 0 bridgehead atoms. The third-order valence-electron chi connectivity index (χ3n) is 4.95. The predicted molar refractivity (Wildman–Crippen MR) is 76.1 cm³/mol. The fraction of sp³-hybridized carbons (Fsp3) is 0.812. The van der Waals surface area contributed by atoms with Gasteiger partial charge in [-0.25, -0.2) is 0 Å². The monoisotopic (exact) mass is 282 g/mol. The summed E-state index contributed by atoms with van der Waals surface area (Å²) in [6, 6.07) is 0. The molecule has 2 aliphatic carbocycles. The van der Waals surface area contributed by atoms with E-state index in [1.54, 1.807) is 7.11 Å². The van der Waals surface area contributed by atoms with Gasteiger partial charge in [-0.2, -0.15) is 0 Å². The molecule has 0 unspecified atom stereocenters. The van der Waals surface area contributed by atoms with Crippen molar-refractivity contribution >= 4 is 5.97 Å². The third kappa shape index (κ3) is 2.77. The molecule has 2 rings (SSSR count). The molecule has 4 atom stereocenters. The number of ether oxygens (including phenoxy) is 3. The summed E-state index contributed by atoms with van der Waals surface area (Å²) in [5.74, 6) is 0.358. The van der Waals surface area contributed by atoms with Crippen LogP contribution in [0.5, 0.6) is 0 Å². The van der Waals surface area contributed by atoms with Crippen LogP contribution in [0.4, 0.5) is 0 Å². The Bertz CT molecular complexity index is 354. The van der Waals surface area contributed by atoms with Gasteiger partial charge in [0.15, 0.2) is 0 Å². The molecule has 0 N–H and O–H groups in total. The van der Waals surface area contributed by atoms with Crippen LogP contribution >= 0.6 is 0 Å². The Hall–Kier alpha value is -0.870. The van der Waals surface area contributed by atoms with E-state index in [1.807, 2.05) is 6.08 Å². The topological polar surface area (TPSA) is 44.8 Å². The van der Waals surface area contributed by atoms with E-state index >= 15 is 0 Å². The SMILES string of the molecule is C=CC[C@]12[C@H](CCC[C@H]1OC(C)=O)CC[C@@H]2OCOC. The number of carbonyl (C=O) groups is 1. The van der Waals surface area contributed by atoms with Crippen molar-refractivity contribution < 1.29 is 19.0 Å². The van der Waals surface area contributed by atoms with Crippen molar-refractivity contribution in [2.45, 2.75) is 57.7 Å². The van der Waals surface area contributed by atoms with E-state index in [9.17, 15) is 4.79 Å². The van der Waals surface area contributed by atoms with Crippen molar-refractivity contribution in [1.29, 1.82) is 0 Å². The number of hydrogen-bond acceptors (Lipinski definition) is 4. The van der Waals surface area contributed by atoms with Crippen molar-refractivity contribution in [1.82, 2.24) is 0 Å². The molecular weight excluding hydrogens is 256 g/mol. The highest BCUT2D eigenvalue weighted by Crippen LogP contribution is 2.56. The summed E-state index contributed by atoms with van der Waals surface area (Å²) in [6.07, 6.45) is 8.22. The lowest BCUT2D eigenvalue weighted by molar-refractivity contribution is -0.183. The van der Waals surface area contributed by atoms with Crippen molar-refractivity contribution in [3.8, 4) is 0 Å². The third-order valence-corrected chi connectivity index (χ3v) is 4.95. The summed E-state index contributed by atoms with van der Waals surface area (Å²) in [5, 5.41) is 0. The molecule has 2 fully saturated rings. The van der Waals surface area contributed by atoms with Crippen LogP contribution in [0.3, 0.4) is 0 Å². The van der Waals surface area contributed by atoms with Gasteiger partial charge in [0.2, 0.25) is 0 Å². The molecule has 0 aromatic rings. The first-order valence-corrected chi connectivity index (χ1v) is 7.53. The van der Waals surface area contributed by atoms with Crippen LogP contribution < -0.4 is 0 Å². The minimum atomic E-state index is -0.198. The maximum absolute atomic E-state index is 11.5. The van der Waals surface area contributed by atoms with Crippen LogP contribution in [0.1, 0.15) is 45.4 Å².